The van der Waals surface area contributed by atoms with Crippen molar-refractivity contribution in [2.75, 3.05) is 26.2 Å². The van der Waals surface area contributed by atoms with E-state index >= 15 is 0 Å². The lowest BCUT2D eigenvalue weighted by molar-refractivity contribution is -0.128. The molecule has 1 aliphatic rings. The van der Waals surface area contributed by atoms with Crippen molar-refractivity contribution in [2.24, 2.45) is 0 Å². The van der Waals surface area contributed by atoms with Crippen molar-refractivity contribution in [1.82, 2.24) is 25.0 Å². The number of aromatic amines is 1. The van der Waals surface area contributed by atoms with Gasteiger partial charge in [-0.2, -0.15) is 5.10 Å². The van der Waals surface area contributed by atoms with E-state index in [0.717, 1.165) is 57.2 Å². The van der Waals surface area contributed by atoms with Gasteiger partial charge in [0.25, 0.3) is 0 Å². The molecule has 0 spiro atoms. The Hall–Kier alpha value is -1.43. The van der Waals surface area contributed by atoms with Gasteiger partial charge in [-0.15, -0.1) is 0 Å². The fourth-order valence-corrected chi connectivity index (χ4v) is 2.22. The molecule has 100 valence electrons. The van der Waals surface area contributed by atoms with E-state index in [9.17, 15) is 4.79 Å². The Labute approximate surface area is 107 Å². The highest BCUT2D eigenvalue weighted by Gasteiger charge is 2.17. The standard InChI is InChI=1S/C12H21N5O/c1-3-11-13-12(15-14-11)9-16-5-4-6-17(8-7-16)10(2)18/h3-9H2,1-2H3,(H,13,14,15). The van der Waals surface area contributed by atoms with Crippen LogP contribution in [0, 0.1) is 0 Å². The lowest BCUT2D eigenvalue weighted by Crippen LogP contribution is -2.33. The number of aryl methyl sites for hydroxylation is 1. The van der Waals surface area contributed by atoms with Crippen LogP contribution >= 0.6 is 0 Å². The molecule has 0 unspecified atom stereocenters. The lowest BCUT2D eigenvalue weighted by atomic mass is 10.3. The van der Waals surface area contributed by atoms with Gasteiger partial charge in [-0.25, -0.2) is 4.98 Å². The van der Waals surface area contributed by atoms with Crippen molar-refractivity contribution in [3.63, 3.8) is 0 Å². The lowest BCUT2D eigenvalue weighted by Gasteiger charge is -2.19. The van der Waals surface area contributed by atoms with Gasteiger partial charge in [0.1, 0.15) is 11.6 Å². The summed E-state index contributed by atoms with van der Waals surface area (Å²) in [6.07, 6.45) is 1.88. The minimum absolute atomic E-state index is 0.171. The van der Waals surface area contributed by atoms with Crippen LogP contribution in [0.3, 0.4) is 0 Å². The van der Waals surface area contributed by atoms with E-state index in [4.69, 9.17) is 0 Å². The molecule has 0 aliphatic carbocycles. The van der Waals surface area contributed by atoms with E-state index in [2.05, 4.69) is 20.1 Å². The van der Waals surface area contributed by atoms with Crippen LogP contribution in [-0.4, -0.2) is 57.1 Å². The van der Waals surface area contributed by atoms with Gasteiger partial charge < -0.3 is 4.90 Å². The number of rotatable bonds is 3. The van der Waals surface area contributed by atoms with Crippen LogP contribution in [0.15, 0.2) is 0 Å². The normalized spacial score (nSPS) is 17.8. The molecule has 1 aliphatic heterocycles. The molecule has 1 fully saturated rings. The van der Waals surface area contributed by atoms with E-state index in [1.54, 1.807) is 6.92 Å². The van der Waals surface area contributed by atoms with Crippen LogP contribution < -0.4 is 0 Å². The maximum Gasteiger partial charge on any atom is 0.219 e. The van der Waals surface area contributed by atoms with Gasteiger partial charge in [-0.1, -0.05) is 6.92 Å². The minimum Gasteiger partial charge on any atom is -0.342 e. The topological polar surface area (TPSA) is 65.1 Å². The molecule has 0 bridgehead atoms. The predicted octanol–water partition coefficient (Wildman–Crippen LogP) is 0.421. The first kappa shape index (κ1) is 13.0. The number of hydrogen-bond donors (Lipinski definition) is 1. The molecule has 6 heteroatoms. The summed E-state index contributed by atoms with van der Waals surface area (Å²) in [5.41, 5.74) is 0. The highest BCUT2D eigenvalue weighted by atomic mass is 16.2. The monoisotopic (exact) mass is 251 g/mol. The van der Waals surface area contributed by atoms with Crippen LogP contribution in [0.25, 0.3) is 0 Å². The van der Waals surface area contributed by atoms with E-state index in [1.807, 2.05) is 11.8 Å². The van der Waals surface area contributed by atoms with Crippen molar-refractivity contribution < 1.29 is 4.79 Å². The Kier molecular flexibility index (Phi) is 4.30. The molecule has 1 aromatic rings. The fraction of sp³-hybridized carbons (Fsp3) is 0.750. The van der Waals surface area contributed by atoms with Gasteiger partial charge in [0.05, 0.1) is 6.54 Å². The Bertz CT molecular complexity index is 403. The summed E-state index contributed by atoms with van der Waals surface area (Å²) in [7, 11) is 0. The second kappa shape index (κ2) is 5.95. The number of H-pyrrole nitrogens is 1. The first-order chi connectivity index (χ1) is 8.69. The number of carbonyl (C=O) groups excluding carboxylic acids is 1. The number of amides is 1. The van der Waals surface area contributed by atoms with Crippen molar-refractivity contribution in [3.05, 3.63) is 11.6 Å². The molecule has 2 rings (SSSR count). The zero-order chi connectivity index (χ0) is 13.0. The van der Waals surface area contributed by atoms with Crippen molar-refractivity contribution in [2.45, 2.75) is 33.2 Å². The number of nitrogens with zero attached hydrogens (tertiary/aromatic N) is 4. The summed E-state index contributed by atoms with van der Waals surface area (Å²) < 4.78 is 0. The van der Waals surface area contributed by atoms with E-state index in [-0.39, 0.29) is 5.91 Å². The maximum absolute atomic E-state index is 11.3. The highest BCUT2D eigenvalue weighted by Crippen LogP contribution is 2.06. The Morgan fingerprint density at radius 2 is 2.17 bits per heavy atom. The van der Waals surface area contributed by atoms with Gasteiger partial charge in [0, 0.05) is 39.5 Å². The van der Waals surface area contributed by atoms with Crippen LogP contribution in [0.4, 0.5) is 0 Å². The largest absolute Gasteiger partial charge is 0.342 e. The van der Waals surface area contributed by atoms with Crippen LogP contribution in [0.5, 0.6) is 0 Å². The molecule has 1 amide bonds. The van der Waals surface area contributed by atoms with Gasteiger partial charge in [-0.3, -0.25) is 14.8 Å². The summed E-state index contributed by atoms with van der Waals surface area (Å²) >= 11 is 0. The van der Waals surface area contributed by atoms with E-state index in [1.165, 1.54) is 0 Å². The first-order valence-electron chi connectivity index (χ1n) is 6.57. The smallest absolute Gasteiger partial charge is 0.219 e. The summed E-state index contributed by atoms with van der Waals surface area (Å²) in [5, 5.41) is 7.11. The van der Waals surface area contributed by atoms with Gasteiger partial charge >= 0.3 is 0 Å². The second-order valence-electron chi connectivity index (χ2n) is 4.69. The van der Waals surface area contributed by atoms with Crippen molar-refractivity contribution in [3.8, 4) is 0 Å². The second-order valence-corrected chi connectivity index (χ2v) is 4.69. The summed E-state index contributed by atoms with van der Waals surface area (Å²) in [6.45, 7) is 8.06. The molecule has 1 saturated heterocycles. The zero-order valence-electron chi connectivity index (χ0n) is 11.1. The number of carbonyl (C=O) groups is 1. The molecule has 1 N–H and O–H groups in total. The van der Waals surface area contributed by atoms with Crippen molar-refractivity contribution in [1.29, 1.82) is 0 Å². The fourth-order valence-electron chi connectivity index (χ4n) is 2.22. The molecular weight excluding hydrogens is 230 g/mol. The number of hydrogen-bond acceptors (Lipinski definition) is 4. The molecule has 1 aromatic heterocycles. The molecule has 18 heavy (non-hydrogen) atoms. The maximum atomic E-state index is 11.3. The Morgan fingerprint density at radius 1 is 1.33 bits per heavy atom. The average Bonchev–Trinajstić information content (AvgIpc) is 2.66. The molecule has 0 radical (unpaired) electrons. The third-order valence-corrected chi connectivity index (χ3v) is 3.30. The van der Waals surface area contributed by atoms with E-state index in [0.29, 0.717) is 0 Å². The molecule has 2 heterocycles. The SMILES string of the molecule is CCc1n[nH]c(CN2CCCN(C(C)=O)CC2)n1. The molecule has 0 saturated carbocycles. The van der Waals surface area contributed by atoms with Crippen molar-refractivity contribution >= 4 is 5.91 Å². The summed E-state index contributed by atoms with van der Waals surface area (Å²) in [4.78, 5) is 20.0. The van der Waals surface area contributed by atoms with Crippen LogP contribution in [-0.2, 0) is 17.8 Å². The molecular formula is C12H21N5O. The summed E-state index contributed by atoms with van der Waals surface area (Å²) in [6, 6.07) is 0. The highest BCUT2D eigenvalue weighted by molar-refractivity contribution is 5.73. The number of nitrogens with one attached hydrogen (secondary N) is 1. The predicted molar refractivity (Wildman–Crippen MR) is 67.9 cm³/mol. The Balaban J connectivity index is 1.88. The molecule has 0 aromatic carbocycles. The molecule has 6 nitrogen and oxygen atoms in total. The summed E-state index contributed by atoms with van der Waals surface area (Å²) in [5.74, 6) is 1.96. The van der Waals surface area contributed by atoms with Crippen LogP contribution in [0.2, 0.25) is 0 Å². The third kappa shape index (κ3) is 3.29. The zero-order valence-corrected chi connectivity index (χ0v) is 11.1. The van der Waals surface area contributed by atoms with Gasteiger partial charge in [0.15, 0.2) is 0 Å². The third-order valence-electron chi connectivity index (χ3n) is 3.30. The first-order valence-corrected chi connectivity index (χ1v) is 6.57. The van der Waals surface area contributed by atoms with Gasteiger partial charge in [-0.05, 0) is 6.42 Å². The van der Waals surface area contributed by atoms with Crippen LogP contribution in [0.1, 0.15) is 31.9 Å². The Morgan fingerprint density at radius 3 is 2.83 bits per heavy atom. The quantitative estimate of drug-likeness (QED) is 0.845. The van der Waals surface area contributed by atoms with Gasteiger partial charge in [0.2, 0.25) is 5.91 Å². The van der Waals surface area contributed by atoms with E-state index < -0.39 is 0 Å². The average molecular weight is 251 g/mol. The number of aromatic nitrogens is 3. The molecule has 0 atom stereocenters. The minimum atomic E-state index is 0.171.